The number of esters is 1. The molecule has 1 N–H and O–H groups in total. The molecule has 0 aliphatic heterocycles. The zero-order chi connectivity index (χ0) is 15.9. The number of carboxylic acids is 1. The Morgan fingerprint density at radius 3 is 2.55 bits per heavy atom. The van der Waals surface area contributed by atoms with Crippen molar-refractivity contribution in [2.75, 3.05) is 7.11 Å². The van der Waals surface area contributed by atoms with Gasteiger partial charge in [-0.25, -0.2) is 14.6 Å². The molecule has 0 atom stereocenters. The van der Waals surface area contributed by atoms with Gasteiger partial charge in [0.1, 0.15) is 5.01 Å². The quantitative estimate of drug-likeness (QED) is 0.677. The second kappa shape index (κ2) is 7.33. The molecule has 0 aliphatic rings. The van der Waals surface area contributed by atoms with Crippen LogP contribution in [0, 0.1) is 0 Å². The Morgan fingerprint density at radius 2 is 1.91 bits per heavy atom. The van der Waals surface area contributed by atoms with E-state index >= 15 is 0 Å². The summed E-state index contributed by atoms with van der Waals surface area (Å²) in [5.41, 5.74) is 2.02. The molecule has 0 bridgehead atoms. The summed E-state index contributed by atoms with van der Waals surface area (Å²) in [5.74, 6) is -1.37. The molecule has 112 valence electrons. The Kier molecular flexibility index (Phi) is 5.21. The molecular weight excluding hydrogens is 302 g/mol. The zero-order valence-electron chi connectivity index (χ0n) is 11.7. The number of aromatic nitrogens is 1. The van der Waals surface area contributed by atoms with Gasteiger partial charge in [0.15, 0.2) is 0 Å². The van der Waals surface area contributed by atoms with Crippen molar-refractivity contribution in [3.05, 3.63) is 57.6 Å². The summed E-state index contributed by atoms with van der Waals surface area (Å²) in [4.78, 5) is 26.0. The highest BCUT2D eigenvalue weighted by Gasteiger charge is 2.03. The number of carbonyl (C=O) groups is 2. The lowest BCUT2D eigenvalue weighted by Crippen LogP contribution is -2.00. The fourth-order valence-electron chi connectivity index (χ4n) is 1.63. The first-order chi connectivity index (χ1) is 10.6. The number of aliphatic carboxylic acids is 1. The Labute approximate surface area is 131 Å². The van der Waals surface area contributed by atoms with Crippen molar-refractivity contribution in [2.24, 2.45) is 0 Å². The average molecular weight is 315 g/mol. The number of rotatable bonds is 5. The molecule has 1 heterocycles. The topological polar surface area (TPSA) is 76.5 Å². The monoisotopic (exact) mass is 315 g/mol. The first-order valence-electron chi connectivity index (χ1n) is 6.31. The Bertz CT molecular complexity index is 729. The first kappa shape index (κ1) is 15.7. The summed E-state index contributed by atoms with van der Waals surface area (Å²) in [6.45, 7) is 0. The van der Waals surface area contributed by atoms with E-state index < -0.39 is 5.97 Å². The van der Waals surface area contributed by atoms with Crippen LogP contribution in [0.4, 0.5) is 0 Å². The minimum Gasteiger partial charge on any atom is -0.478 e. The second-order valence-corrected chi connectivity index (χ2v) is 5.12. The molecule has 0 spiro atoms. The van der Waals surface area contributed by atoms with Crippen LogP contribution in [0.3, 0.4) is 0 Å². The summed E-state index contributed by atoms with van der Waals surface area (Å²) in [5, 5.41) is 11.1. The average Bonchev–Trinajstić information content (AvgIpc) is 2.98. The number of benzene rings is 1. The fourth-order valence-corrected chi connectivity index (χ4v) is 2.30. The van der Waals surface area contributed by atoms with Gasteiger partial charge in [-0.15, -0.1) is 11.3 Å². The van der Waals surface area contributed by atoms with E-state index in [1.807, 2.05) is 24.3 Å². The van der Waals surface area contributed by atoms with Crippen molar-refractivity contribution >= 4 is 41.5 Å². The molecule has 2 aromatic rings. The first-order valence-corrected chi connectivity index (χ1v) is 7.19. The summed E-state index contributed by atoms with van der Waals surface area (Å²) in [7, 11) is 1.34. The normalized spacial score (nSPS) is 11.1. The number of ether oxygens (including phenoxy) is 1. The Balaban J connectivity index is 2.05. The number of methoxy groups -OCH3 is 1. The van der Waals surface area contributed by atoms with Crippen molar-refractivity contribution in [1.82, 2.24) is 4.98 Å². The predicted molar refractivity (Wildman–Crippen MR) is 85.5 cm³/mol. The smallest absolute Gasteiger partial charge is 0.337 e. The van der Waals surface area contributed by atoms with E-state index in [0.29, 0.717) is 11.3 Å². The van der Waals surface area contributed by atoms with Crippen LogP contribution >= 0.6 is 11.3 Å². The van der Waals surface area contributed by atoms with Gasteiger partial charge >= 0.3 is 11.9 Å². The number of hydrogen-bond acceptors (Lipinski definition) is 5. The zero-order valence-corrected chi connectivity index (χ0v) is 12.5. The number of nitrogens with zero attached hydrogens (tertiary/aromatic N) is 1. The molecular formula is C16H13NO4S. The van der Waals surface area contributed by atoms with Crippen LogP contribution in [-0.4, -0.2) is 29.1 Å². The van der Waals surface area contributed by atoms with Gasteiger partial charge in [-0.2, -0.15) is 0 Å². The predicted octanol–water partition coefficient (Wildman–Crippen LogP) is 3.20. The van der Waals surface area contributed by atoms with E-state index in [1.54, 1.807) is 17.5 Å². The van der Waals surface area contributed by atoms with Crippen LogP contribution < -0.4 is 0 Å². The summed E-state index contributed by atoms with van der Waals surface area (Å²) >= 11 is 1.42. The molecule has 0 radical (unpaired) electrons. The van der Waals surface area contributed by atoms with Crippen LogP contribution in [0.2, 0.25) is 0 Å². The summed E-state index contributed by atoms with van der Waals surface area (Å²) in [6.07, 6.45) is 6.19. The van der Waals surface area contributed by atoms with Crippen LogP contribution in [0.15, 0.2) is 35.7 Å². The third kappa shape index (κ3) is 4.39. The van der Waals surface area contributed by atoms with Gasteiger partial charge in [0.2, 0.25) is 0 Å². The lowest BCUT2D eigenvalue weighted by molar-refractivity contribution is -0.131. The summed E-state index contributed by atoms with van der Waals surface area (Å²) < 4.78 is 4.63. The lowest BCUT2D eigenvalue weighted by atomic mass is 10.1. The van der Waals surface area contributed by atoms with Gasteiger partial charge < -0.3 is 9.84 Å². The summed E-state index contributed by atoms with van der Waals surface area (Å²) in [6, 6.07) is 6.99. The molecule has 5 nitrogen and oxygen atoms in total. The highest BCUT2D eigenvalue weighted by molar-refractivity contribution is 7.10. The van der Waals surface area contributed by atoms with Crippen LogP contribution in [0.25, 0.3) is 18.2 Å². The maximum Gasteiger partial charge on any atom is 0.337 e. The third-order valence-corrected chi connectivity index (χ3v) is 3.51. The largest absolute Gasteiger partial charge is 0.478 e. The van der Waals surface area contributed by atoms with Crippen molar-refractivity contribution in [3.63, 3.8) is 0 Å². The van der Waals surface area contributed by atoms with E-state index in [9.17, 15) is 9.59 Å². The minimum absolute atomic E-state index is 0.370. The molecule has 0 saturated carbocycles. The van der Waals surface area contributed by atoms with Crippen LogP contribution in [0.5, 0.6) is 0 Å². The molecule has 0 aliphatic carbocycles. The molecule has 22 heavy (non-hydrogen) atoms. The van der Waals surface area contributed by atoms with Gasteiger partial charge in [-0.3, -0.25) is 0 Å². The van der Waals surface area contributed by atoms with Gasteiger partial charge in [0.05, 0.1) is 18.4 Å². The number of carboxylic acid groups (broad SMARTS) is 1. The maximum absolute atomic E-state index is 11.3. The lowest BCUT2D eigenvalue weighted by Gasteiger charge is -1.98. The number of hydrogen-bond donors (Lipinski definition) is 1. The van der Waals surface area contributed by atoms with Crippen molar-refractivity contribution in [2.45, 2.75) is 0 Å². The number of thiazole rings is 1. The van der Waals surface area contributed by atoms with Crippen molar-refractivity contribution in [3.8, 4) is 0 Å². The molecule has 2 rings (SSSR count). The van der Waals surface area contributed by atoms with E-state index in [1.165, 1.54) is 24.5 Å². The third-order valence-electron chi connectivity index (χ3n) is 2.69. The highest BCUT2D eigenvalue weighted by atomic mass is 32.1. The molecule has 1 aromatic heterocycles. The van der Waals surface area contributed by atoms with E-state index in [4.69, 9.17) is 5.11 Å². The molecule has 0 fully saturated rings. The fraction of sp³-hybridized carbons (Fsp3) is 0.0625. The van der Waals surface area contributed by atoms with Crippen molar-refractivity contribution in [1.29, 1.82) is 0 Å². The van der Waals surface area contributed by atoms with Crippen LogP contribution in [0.1, 0.15) is 26.6 Å². The Morgan fingerprint density at radius 1 is 1.18 bits per heavy atom. The van der Waals surface area contributed by atoms with E-state index in [0.717, 1.165) is 16.6 Å². The number of carbonyl (C=O) groups excluding carboxylic acids is 1. The van der Waals surface area contributed by atoms with Crippen molar-refractivity contribution < 1.29 is 19.4 Å². The molecule has 6 heteroatoms. The molecule has 0 saturated heterocycles. The van der Waals surface area contributed by atoms with Gasteiger partial charge in [0.25, 0.3) is 0 Å². The highest BCUT2D eigenvalue weighted by Crippen LogP contribution is 2.15. The van der Waals surface area contributed by atoms with Gasteiger partial charge in [0, 0.05) is 11.5 Å². The van der Waals surface area contributed by atoms with Gasteiger partial charge in [-0.1, -0.05) is 18.2 Å². The Hall–Kier alpha value is -2.73. The molecule has 0 unspecified atom stereocenters. The maximum atomic E-state index is 11.3. The van der Waals surface area contributed by atoms with E-state index in [-0.39, 0.29) is 5.97 Å². The minimum atomic E-state index is -1.00. The SMILES string of the molecule is COC(=O)c1ccc(/C=C/c2nc(/C=C/C(=O)O)cs2)cc1. The molecule has 0 amide bonds. The van der Waals surface area contributed by atoms with Gasteiger partial charge in [-0.05, 0) is 29.8 Å². The standard InChI is InChI=1S/C16H13NO4S/c1-21-16(20)12-5-2-11(3-6-12)4-8-14-17-13(10-22-14)7-9-15(18)19/h2-10H,1H3,(H,18,19)/b8-4+,9-7+. The van der Waals surface area contributed by atoms with Crippen LogP contribution in [-0.2, 0) is 9.53 Å². The molecule has 1 aromatic carbocycles. The van der Waals surface area contributed by atoms with E-state index in [2.05, 4.69) is 9.72 Å². The second-order valence-electron chi connectivity index (χ2n) is 4.23.